The molecule has 1 aliphatic heterocycles. The van der Waals surface area contributed by atoms with E-state index in [0.29, 0.717) is 18.1 Å². The molecule has 1 aliphatic carbocycles. The molecule has 28 heavy (non-hydrogen) atoms. The van der Waals surface area contributed by atoms with Crippen molar-refractivity contribution in [3.63, 3.8) is 0 Å². The molecule has 2 aliphatic rings. The second-order valence-electron chi connectivity index (χ2n) is 8.18. The van der Waals surface area contributed by atoms with E-state index >= 15 is 0 Å². The van der Waals surface area contributed by atoms with Crippen molar-refractivity contribution in [1.82, 2.24) is 10.6 Å². The molecule has 1 fully saturated rings. The molecule has 2 N–H and O–H groups in total. The van der Waals surface area contributed by atoms with E-state index in [1.807, 2.05) is 13.0 Å². The van der Waals surface area contributed by atoms with Gasteiger partial charge in [0.1, 0.15) is 0 Å². The Hall–Kier alpha value is -1.76. The molecule has 7 heteroatoms. The molecular weight excluding hydrogens is 374 g/mol. The minimum atomic E-state index is -0.716. The van der Waals surface area contributed by atoms with Crippen LogP contribution < -0.4 is 20.1 Å². The van der Waals surface area contributed by atoms with Gasteiger partial charge in [0.2, 0.25) is 6.79 Å². The summed E-state index contributed by atoms with van der Waals surface area (Å²) in [5.41, 5.74) is 1.09. The van der Waals surface area contributed by atoms with Gasteiger partial charge >= 0.3 is 0 Å². The normalized spacial score (nSPS) is 23.4. The number of aliphatic imine (C=N–C) groups is 1. The first-order valence-electron chi connectivity index (χ1n) is 10.2. The van der Waals surface area contributed by atoms with Crippen LogP contribution in [0.3, 0.4) is 0 Å². The largest absolute Gasteiger partial charge is 0.454 e. The zero-order valence-electron chi connectivity index (χ0n) is 17.4. The molecule has 0 radical (unpaired) electrons. The highest BCUT2D eigenvalue weighted by Crippen LogP contribution is 2.36. The third-order valence-corrected chi connectivity index (χ3v) is 7.44. The summed E-state index contributed by atoms with van der Waals surface area (Å²) in [7, 11) is 1.08. The fourth-order valence-electron chi connectivity index (χ4n) is 3.86. The van der Waals surface area contributed by atoms with Gasteiger partial charge in [-0.05, 0) is 37.0 Å². The van der Waals surface area contributed by atoms with E-state index in [4.69, 9.17) is 9.47 Å². The summed E-state index contributed by atoms with van der Waals surface area (Å²) in [6.07, 6.45) is 4.24. The lowest BCUT2D eigenvalue weighted by Gasteiger charge is -2.32. The molecule has 1 heterocycles. The first-order chi connectivity index (χ1) is 13.4. The van der Waals surface area contributed by atoms with Gasteiger partial charge in [0.15, 0.2) is 17.5 Å². The summed E-state index contributed by atoms with van der Waals surface area (Å²) in [5.74, 6) is 3.17. The lowest BCUT2D eigenvalue weighted by atomic mass is 9.84. The lowest BCUT2D eigenvalue weighted by molar-refractivity contribution is 0.174. The van der Waals surface area contributed by atoms with Gasteiger partial charge < -0.3 is 20.1 Å². The van der Waals surface area contributed by atoms with Crippen molar-refractivity contribution in [2.45, 2.75) is 63.2 Å². The van der Waals surface area contributed by atoms with Gasteiger partial charge in [0.25, 0.3) is 0 Å². The zero-order valence-corrected chi connectivity index (χ0v) is 18.2. The van der Waals surface area contributed by atoms with Gasteiger partial charge in [0, 0.05) is 46.9 Å². The minimum Gasteiger partial charge on any atom is -0.454 e. The van der Waals surface area contributed by atoms with Crippen molar-refractivity contribution >= 4 is 16.8 Å². The van der Waals surface area contributed by atoms with E-state index in [1.165, 1.54) is 5.56 Å². The lowest BCUT2D eigenvalue weighted by Crippen LogP contribution is -2.49. The van der Waals surface area contributed by atoms with Crippen LogP contribution in [-0.4, -0.2) is 47.6 Å². The van der Waals surface area contributed by atoms with E-state index in [-0.39, 0.29) is 5.41 Å². The predicted molar refractivity (Wildman–Crippen MR) is 115 cm³/mol. The molecule has 1 aromatic rings. The fraction of sp³-hybridized carbons (Fsp3) is 0.667. The maximum atomic E-state index is 12.2. The molecular formula is C21H33N3O3S. The number of nitrogens with one attached hydrogen (secondary N) is 2. The monoisotopic (exact) mass is 407 g/mol. The zero-order chi connectivity index (χ0) is 20.1. The van der Waals surface area contributed by atoms with Crippen LogP contribution in [0.25, 0.3) is 0 Å². The van der Waals surface area contributed by atoms with Crippen LogP contribution in [0.4, 0.5) is 0 Å². The van der Waals surface area contributed by atoms with Crippen LogP contribution >= 0.6 is 0 Å². The molecule has 0 bridgehead atoms. The number of rotatable bonds is 6. The van der Waals surface area contributed by atoms with E-state index < -0.39 is 10.8 Å². The number of ether oxygens (including phenoxy) is 2. The third kappa shape index (κ3) is 4.99. The van der Waals surface area contributed by atoms with Crippen molar-refractivity contribution in [3.8, 4) is 11.5 Å². The molecule has 1 saturated carbocycles. The van der Waals surface area contributed by atoms with Crippen LogP contribution in [0.5, 0.6) is 11.5 Å². The number of hydrogen-bond donors (Lipinski definition) is 2. The Morgan fingerprint density at radius 2 is 2.07 bits per heavy atom. The Morgan fingerprint density at radius 1 is 1.29 bits per heavy atom. The number of nitrogens with zero attached hydrogens (tertiary/aromatic N) is 1. The Bertz CT molecular complexity index is 736. The highest BCUT2D eigenvalue weighted by atomic mass is 32.2. The predicted octanol–water partition coefficient (Wildman–Crippen LogP) is 2.94. The van der Waals surface area contributed by atoms with Gasteiger partial charge in [-0.25, -0.2) is 0 Å². The third-order valence-electron chi connectivity index (χ3n) is 5.70. The summed E-state index contributed by atoms with van der Waals surface area (Å²) in [4.78, 5) is 4.40. The average Bonchev–Trinajstić information content (AvgIpc) is 3.18. The molecule has 6 nitrogen and oxygen atoms in total. The molecule has 3 unspecified atom stereocenters. The van der Waals surface area contributed by atoms with Crippen molar-refractivity contribution < 1.29 is 13.7 Å². The molecule has 3 atom stereocenters. The first kappa shape index (κ1) is 21.0. The molecule has 0 saturated heterocycles. The molecule has 3 rings (SSSR count). The molecule has 0 amide bonds. The summed E-state index contributed by atoms with van der Waals surface area (Å²) >= 11 is 0. The van der Waals surface area contributed by atoms with E-state index in [0.717, 1.165) is 55.4 Å². The maximum absolute atomic E-state index is 12.2. The van der Waals surface area contributed by atoms with E-state index in [9.17, 15) is 4.21 Å². The smallest absolute Gasteiger partial charge is 0.231 e. The summed E-state index contributed by atoms with van der Waals surface area (Å²) in [6, 6.07) is 6.46. The minimum absolute atomic E-state index is 0.0998. The van der Waals surface area contributed by atoms with E-state index in [1.54, 1.807) is 7.05 Å². The van der Waals surface area contributed by atoms with Crippen molar-refractivity contribution in [1.29, 1.82) is 0 Å². The summed E-state index contributed by atoms with van der Waals surface area (Å²) < 4.78 is 23.1. The average molecular weight is 408 g/mol. The van der Waals surface area contributed by atoms with Crippen LogP contribution in [-0.2, 0) is 16.2 Å². The molecule has 0 spiro atoms. The van der Waals surface area contributed by atoms with Crippen LogP contribution in [0, 0.1) is 0 Å². The second-order valence-corrected chi connectivity index (χ2v) is 10.2. The number of fused-ring (bicyclic) bond motifs is 1. The number of guanidine groups is 1. The number of benzene rings is 1. The van der Waals surface area contributed by atoms with Gasteiger partial charge in [-0.15, -0.1) is 0 Å². The van der Waals surface area contributed by atoms with Crippen LogP contribution in [0.15, 0.2) is 23.2 Å². The van der Waals surface area contributed by atoms with Crippen molar-refractivity contribution in [2.75, 3.05) is 26.1 Å². The van der Waals surface area contributed by atoms with Gasteiger partial charge in [-0.1, -0.05) is 33.3 Å². The quantitative estimate of drug-likeness (QED) is 0.560. The van der Waals surface area contributed by atoms with Crippen molar-refractivity contribution in [3.05, 3.63) is 23.8 Å². The van der Waals surface area contributed by atoms with Crippen LogP contribution in [0.1, 0.15) is 52.0 Å². The van der Waals surface area contributed by atoms with Gasteiger partial charge in [0.05, 0.1) is 0 Å². The molecule has 1 aromatic carbocycles. The fourth-order valence-corrected chi connectivity index (χ4v) is 5.21. The van der Waals surface area contributed by atoms with E-state index in [2.05, 4.69) is 41.6 Å². The van der Waals surface area contributed by atoms with Gasteiger partial charge in [-0.3, -0.25) is 9.20 Å². The molecule has 0 aromatic heterocycles. The van der Waals surface area contributed by atoms with Crippen molar-refractivity contribution in [2.24, 2.45) is 4.99 Å². The number of hydrogen-bond acceptors (Lipinski definition) is 4. The summed E-state index contributed by atoms with van der Waals surface area (Å²) in [5, 5.41) is 7.32. The Balaban J connectivity index is 1.56. The summed E-state index contributed by atoms with van der Waals surface area (Å²) in [6.45, 7) is 7.44. The second kappa shape index (κ2) is 9.16. The Morgan fingerprint density at radius 3 is 2.82 bits per heavy atom. The molecule has 156 valence electrons. The highest BCUT2D eigenvalue weighted by Gasteiger charge is 2.27. The van der Waals surface area contributed by atoms with Gasteiger partial charge in [-0.2, -0.15) is 0 Å². The first-order valence-corrected chi connectivity index (χ1v) is 11.6. The Kier molecular flexibility index (Phi) is 6.86. The standard InChI is InChI=1S/C21H33N3O3S/c1-5-28(25)17-8-6-7-16(12-17)24-20(22-4)23-13-21(2,3)15-9-10-18-19(11-15)27-14-26-18/h9-11,16-17H,5-8,12-14H2,1-4H3,(H2,22,23,24). The topological polar surface area (TPSA) is 72.0 Å². The SMILES string of the molecule is CCS(=O)C1CCCC(NC(=NC)NCC(C)(C)c2ccc3c(c2)OCO3)C1. The Labute approximate surface area is 170 Å². The maximum Gasteiger partial charge on any atom is 0.231 e. The highest BCUT2D eigenvalue weighted by molar-refractivity contribution is 7.85. The van der Waals surface area contributed by atoms with Crippen LogP contribution in [0.2, 0.25) is 0 Å².